The molecule has 1 atom stereocenters. The first-order valence-electron chi connectivity index (χ1n) is 8.46. The summed E-state index contributed by atoms with van der Waals surface area (Å²) in [6, 6.07) is 13.8. The van der Waals surface area contributed by atoms with Crippen LogP contribution in [0.5, 0.6) is 0 Å². The molecule has 2 heterocycles. The molecular formula is C19H22N2O3S. The van der Waals surface area contributed by atoms with Crippen LogP contribution in [0.15, 0.2) is 47.8 Å². The lowest BCUT2D eigenvalue weighted by atomic mass is 9.97. The molecule has 5 nitrogen and oxygen atoms in total. The maximum absolute atomic E-state index is 12.5. The van der Waals surface area contributed by atoms with Gasteiger partial charge in [0.2, 0.25) is 5.91 Å². The van der Waals surface area contributed by atoms with Gasteiger partial charge >= 0.3 is 5.97 Å². The minimum atomic E-state index is -0.731. The van der Waals surface area contributed by atoms with Crippen molar-refractivity contribution in [2.24, 2.45) is 5.92 Å². The number of aliphatic carboxylic acids is 1. The number of benzene rings is 1. The molecule has 0 bridgehead atoms. The Morgan fingerprint density at radius 3 is 2.48 bits per heavy atom. The highest BCUT2D eigenvalue weighted by atomic mass is 32.1. The van der Waals surface area contributed by atoms with Gasteiger partial charge in [-0.2, -0.15) is 0 Å². The number of likely N-dealkylation sites (tertiary alicyclic amines) is 1. The zero-order valence-electron chi connectivity index (χ0n) is 13.9. The summed E-state index contributed by atoms with van der Waals surface area (Å²) in [6.45, 7) is 1.61. The fraction of sp³-hybridized carbons (Fsp3) is 0.368. The van der Waals surface area contributed by atoms with Crippen LogP contribution >= 0.6 is 11.3 Å². The molecule has 1 aromatic carbocycles. The van der Waals surface area contributed by atoms with E-state index in [1.165, 1.54) is 0 Å². The summed E-state index contributed by atoms with van der Waals surface area (Å²) >= 11 is 1.62. The van der Waals surface area contributed by atoms with Crippen LogP contribution in [-0.2, 0) is 9.59 Å². The second-order valence-electron chi connectivity index (χ2n) is 6.32. The van der Waals surface area contributed by atoms with Crippen LogP contribution in [0.3, 0.4) is 0 Å². The summed E-state index contributed by atoms with van der Waals surface area (Å²) in [5.74, 6) is -1.04. The third-order valence-corrected chi connectivity index (χ3v) is 5.51. The third-order valence-electron chi connectivity index (χ3n) is 4.57. The minimum absolute atomic E-state index is 0.0315. The number of carbonyl (C=O) groups excluding carboxylic acids is 1. The molecule has 2 N–H and O–H groups in total. The molecule has 6 heteroatoms. The highest BCUT2D eigenvalue weighted by molar-refractivity contribution is 7.10. The highest BCUT2D eigenvalue weighted by Crippen LogP contribution is 2.26. The Balaban J connectivity index is 1.61. The van der Waals surface area contributed by atoms with Gasteiger partial charge < -0.3 is 10.4 Å². The van der Waals surface area contributed by atoms with Crippen molar-refractivity contribution in [1.82, 2.24) is 10.2 Å². The van der Waals surface area contributed by atoms with E-state index in [2.05, 4.69) is 5.32 Å². The van der Waals surface area contributed by atoms with E-state index in [-0.39, 0.29) is 17.9 Å². The molecule has 0 spiro atoms. The zero-order valence-corrected chi connectivity index (χ0v) is 14.7. The van der Waals surface area contributed by atoms with Crippen LogP contribution in [0.25, 0.3) is 0 Å². The van der Waals surface area contributed by atoms with E-state index >= 15 is 0 Å². The van der Waals surface area contributed by atoms with Crippen LogP contribution in [-0.4, -0.2) is 41.5 Å². The smallest absolute Gasteiger partial charge is 0.306 e. The predicted octanol–water partition coefficient (Wildman–Crippen LogP) is 2.75. The Bertz CT molecular complexity index is 695. The first kappa shape index (κ1) is 17.6. The molecule has 3 rings (SSSR count). The molecule has 1 saturated heterocycles. The largest absolute Gasteiger partial charge is 0.481 e. The molecule has 0 radical (unpaired) electrons. The molecule has 1 unspecified atom stereocenters. The Kier molecular flexibility index (Phi) is 5.83. The summed E-state index contributed by atoms with van der Waals surface area (Å²) < 4.78 is 0. The second kappa shape index (κ2) is 8.27. The first-order valence-corrected chi connectivity index (χ1v) is 9.34. The van der Waals surface area contributed by atoms with Crippen molar-refractivity contribution < 1.29 is 14.7 Å². The number of nitrogens with one attached hydrogen (secondary N) is 1. The van der Waals surface area contributed by atoms with E-state index in [0.29, 0.717) is 32.5 Å². The van der Waals surface area contributed by atoms with Gasteiger partial charge in [-0.05, 0) is 42.9 Å². The van der Waals surface area contributed by atoms with E-state index in [4.69, 9.17) is 5.11 Å². The van der Waals surface area contributed by atoms with Gasteiger partial charge in [0.15, 0.2) is 0 Å². The van der Waals surface area contributed by atoms with E-state index in [9.17, 15) is 9.59 Å². The van der Waals surface area contributed by atoms with Gasteiger partial charge in [-0.1, -0.05) is 36.4 Å². The fourth-order valence-corrected chi connectivity index (χ4v) is 3.97. The molecule has 1 aliphatic heterocycles. The first-order chi connectivity index (χ1) is 12.1. The van der Waals surface area contributed by atoms with Crippen LogP contribution < -0.4 is 5.32 Å². The normalized spacial score (nSPS) is 17.1. The number of hydrogen-bond donors (Lipinski definition) is 2. The molecule has 0 saturated carbocycles. The SMILES string of the molecule is O=C(CN1CCC(C(=O)O)CC1)NC(c1ccccc1)c1cccs1. The molecule has 25 heavy (non-hydrogen) atoms. The third kappa shape index (κ3) is 4.67. The maximum atomic E-state index is 12.5. The Morgan fingerprint density at radius 2 is 1.88 bits per heavy atom. The van der Waals surface area contributed by atoms with Gasteiger partial charge in [-0.15, -0.1) is 11.3 Å². The van der Waals surface area contributed by atoms with Gasteiger partial charge in [0, 0.05) is 4.88 Å². The second-order valence-corrected chi connectivity index (χ2v) is 7.29. The number of piperidine rings is 1. The minimum Gasteiger partial charge on any atom is -0.481 e. The van der Waals surface area contributed by atoms with Gasteiger partial charge in [-0.25, -0.2) is 0 Å². The van der Waals surface area contributed by atoms with E-state index in [1.807, 2.05) is 52.7 Å². The number of carboxylic acids is 1. The quantitative estimate of drug-likeness (QED) is 0.833. The molecule has 0 aliphatic carbocycles. The summed E-state index contributed by atoms with van der Waals surface area (Å²) in [6.07, 6.45) is 1.21. The molecule has 1 fully saturated rings. The van der Waals surface area contributed by atoms with Crippen molar-refractivity contribution in [3.05, 3.63) is 58.3 Å². The van der Waals surface area contributed by atoms with Crippen LogP contribution in [0.4, 0.5) is 0 Å². The van der Waals surface area contributed by atoms with Crippen LogP contribution in [0.1, 0.15) is 29.3 Å². The predicted molar refractivity (Wildman–Crippen MR) is 97.5 cm³/mol. The van der Waals surface area contributed by atoms with Gasteiger partial charge in [0.1, 0.15) is 0 Å². The van der Waals surface area contributed by atoms with Crippen molar-refractivity contribution in [2.45, 2.75) is 18.9 Å². The van der Waals surface area contributed by atoms with Crippen molar-refractivity contribution in [2.75, 3.05) is 19.6 Å². The number of thiophene rings is 1. The van der Waals surface area contributed by atoms with Crippen molar-refractivity contribution in [3.8, 4) is 0 Å². The van der Waals surface area contributed by atoms with Crippen molar-refractivity contribution in [1.29, 1.82) is 0 Å². The number of rotatable bonds is 6. The molecule has 132 valence electrons. The fourth-order valence-electron chi connectivity index (χ4n) is 3.17. The lowest BCUT2D eigenvalue weighted by Crippen LogP contribution is -2.43. The Hall–Kier alpha value is -2.18. The summed E-state index contributed by atoms with van der Waals surface area (Å²) in [4.78, 5) is 26.7. The summed E-state index contributed by atoms with van der Waals surface area (Å²) in [7, 11) is 0. The van der Waals surface area contributed by atoms with Crippen molar-refractivity contribution in [3.63, 3.8) is 0 Å². The lowest BCUT2D eigenvalue weighted by Gasteiger charge is -2.30. The summed E-state index contributed by atoms with van der Waals surface area (Å²) in [5, 5.41) is 14.2. The number of nitrogens with zero attached hydrogens (tertiary/aromatic N) is 1. The number of carbonyl (C=O) groups is 2. The average Bonchev–Trinajstić information content (AvgIpc) is 3.15. The lowest BCUT2D eigenvalue weighted by molar-refractivity contribution is -0.143. The molecule has 1 aromatic heterocycles. The number of hydrogen-bond acceptors (Lipinski definition) is 4. The van der Waals surface area contributed by atoms with Crippen molar-refractivity contribution >= 4 is 23.2 Å². The standard InChI is InChI=1S/C19H22N2O3S/c22-17(13-21-10-8-15(9-11-21)19(23)24)20-18(16-7-4-12-25-16)14-5-2-1-3-6-14/h1-7,12,15,18H,8-11,13H2,(H,20,22)(H,23,24). The Morgan fingerprint density at radius 1 is 1.16 bits per heavy atom. The topological polar surface area (TPSA) is 69.6 Å². The van der Waals surface area contributed by atoms with E-state index in [0.717, 1.165) is 10.4 Å². The summed E-state index contributed by atoms with van der Waals surface area (Å²) in [5.41, 5.74) is 1.06. The zero-order chi connectivity index (χ0) is 17.6. The van der Waals surface area contributed by atoms with Crippen LogP contribution in [0.2, 0.25) is 0 Å². The number of carboxylic acid groups (broad SMARTS) is 1. The molecule has 2 aromatic rings. The van der Waals surface area contributed by atoms with E-state index < -0.39 is 5.97 Å². The monoisotopic (exact) mass is 358 g/mol. The van der Waals surface area contributed by atoms with Gasteiger partial charge in [0.25, 0.3) is 0 Å². The van der Waals surface area contributed by atoms with Gasteiger partial charge in [0.05, 0.1) is 18.5 Å². The molecule has 1 aliphatic rings. The number of amides is 1. The van der Waals surface area contributed by atoms with Crippen LogP contribution in [0, 0.1) is 5.92 Å². The Labute approximate surface area is 151 Å². The highest BCUT2D eigenvalue weighted by Gasteiger charge is 2.26. The molecule has 1 amide bonds. The van der Waals surface area contributed by atoms with Gasteiger partial charge in [-0.3, -0.25) is 14.5 Å². The molecular weight excluding hydrogens is 336 g/mol. The van der Waals surface area contributed by atoms with E-state index in [1.54, 1.807) is 11.3 Å². The average molecular weight is 358 g/mol. The maximum Gasteiger partial charge on any atom is 0.306 e.